The van der Waals surface area contributed by atoms with E-state index in [2.05, 4.69) is 25.3 Å². The molecule has 5 nitrogen and oxygen atoms in total. The fourth-order valence-corrected chi connectivity index (χ4v) is 1.48. The summed E-state index contributed by atoms with van der Waals surface area (Å²) in [5.74, 6) is 0.668. The van der Waals surface area contributed by atoms with Gasteiger partial charge in [-0.15, -0.1) is 0 Å². The van der Waals surface area contributed by atoms with Gasteiger partial charge in [0.1, 0.15) is 11.8 Å². The Labute approximate surface area is 91.6 Å². The number of aromatic nitrogens is 4. The van der Waals surface area contributed by atoms with Gasteiger partial charge >= 0.3 is 0 Å². The Morgan fingerprint density at radius 2 is 2.00 bits per heavy atom. The first-order valence-electron chi connectivity index (χ1n) is 4.89. The maximum absolute atomic E-state index is 4.32. The standard InChI is InChI=1S/C11H9N5/c1-2-4-8(5-3-1)14-11-15-9-6-12-7-13-10(9)16-11/h1-7H,(H2,12,13,14,15,16). The van der Waals surface area contributed by atoms with Crippen molar-refractivity contribution >= 4 is 22.8 Å². The van der Waals surface area contributed by atoms with E-state index in [1.807, 2.05) is 30.3 Å². The van der Waals surface area contributed by atoms with Crippen LogP contribution in [0.25, 0.3) is 11.2 Å². The first-order chi connectivity index (χ1) is 7.92. The number of benzene rings is 1. The molecule has 0 atom stereocenters. The van der Waals surface area contributed by atoms with Crippen molar-refractivity contribution in [2.45, 2.75) is 0 Å². The fraction of sp³-hybridized carbons (Fsp3) is 0. The minimum absolute atomic E-state index is 0.668. The van der Waals surface area contributed by atoms with Gasteiger partial charge in [-0.25, -0.2) is 15.0 Å². The van der Waals surface area contributed by atoms with Crippen molar-refractivity contribution in [2.24, 2.45) is 0 Å². The predicted octanol–water partition coefficient (Wildman–Crippen LogP) is 2.10. The van der Waals surface area contributed by atoms with Crippen LogP contribution < -0.4 is 5.32 Å². The lowest BCUT2D eigenvalue weighted by Gasteiger charge is -2.00. The van der Waals surface area contributed by atoms with E-state index in [-0.39, 0.29) is 0 Å². The molecule has 78 valence electrons. The van der Waals surface area contributed by atoms with Gasteiger partial charge in [0.2, 0.25) is 5.95 Å². The second-order valence-electron chi connectivity index (χ2n) is 3.33. The quantitative estimate of drug-likeness (QED) is 0.681. The highest BCUT2D eigenvalue weighted by Crippen LogP contribution is 2.15. The molecule has 2 heterocycles. The molecule has 0 aliphatic rings. The molecule has 0 saturated heterocycles. The second kappa shape index (κ2) is 3.62. The van der Waals surface area contributed by atoms with Crippen LogP contribution in [0.4, 0.5) is 11.6 Å². The molecule has 0 fully saturated rings. The summed E-state index contributed by atoms with van der Waals surface area (Å²) in [5.41, 5.74) is 2.46. The van der Waals surface area contributed by atoms with E-state index in [0.29, 0.717) is 5.95 Å². The van der Waals surface area contributed by atoms with Gasteiger partial charge in [-0.1, -0.05) is 18.2 Å². The van der Waals surface area contributed by atoms with Gasteiger partial charge in [0.25, 0.3) is 0 Å². The Bertz CT molecular complexity index is 569. The van der Waals surface area contributed by atoms with Gasteiger partial charge in [0.05, 0.1) is 6.20 Å². The van der Waals surface area contributed by atoms with E-state index in [9.17, 15) is 0 Å². The zero-order valence-corrected chi connectivity index (χ0v) is 8.38. The van der Waals surface area contributed by atoms with Gasteiger partial charge in [0.15, 0.2) is 5.65 Å². The summed E-state index contributed by atoms with van der Waals surface area (Å²) in [6, 6.07) is 9.84. The third-order valence-electron chi connectivity index (χ3n) is 2.20. The minimum Gasteiger partial charge on any atom is -0.326 e. The Morgan fingerprint density at radius 3 is 2.81 bits per heavy atom. The van der Waals surface area contributed by atoms with Crippen LogP contribution in [0.3, 0.4) is 0 Å². The van der Waals surface area contributed by atoms with Crippen LogP contribution in [0.15, 0.2) is 42.9 Å². The van der Waals surface area contributed by atoms with Crippen molar-refractivity contribution in [3.8, 4) is 0 Å². The van der Waals surface area contributed by atoms with E-state index in [1.54, 1.807) is 6.20 Å². The van der Waals surface area contributed by atoms with Crippen LogP contribution in [0.5, 0.6) is 0 Å². The molecular weight excluding hydrogens is 202 g/mol. The van der Waals surface area contributed by atoms with E-state index in [0.717, 1.165) is 16.9 Å². The van der Waals surface area contributed by atoms with Crippen molar-refractivity contribution in [1.29, 1.82) is 0 Å². The van der Waals surface area contributed by atoms with Crippen molar-refractivity contribution in [1.82, 2.24) is 19.9 Å². The summed E-state index contributed by atoms with van der Waals surface area (Å²) < 4.78 is 0. The van der Waals surface area contributed by atoms with Crippen molar-refractivity contribution < 1.29 is 0 Å². The van der Waals surface area contributed by atoms with Crippen molar-refractivity contribution in [2.75, 3.05) is 5.32 Å². The van der Waals surface area contributed by atoms with Gasteiger partial charge in [-0.3, -0.25) is 0 Å². The number of aromatic amines is 1. The Kier molecular flexibility index (Phi) is 2.00. The molecule has 3 aromatic rings. The van der Waals surface area contributed by atoms with Gasteiger partial charge in [-0.2, -0.15) is 0 Å². The number of rotatable bonds is 2. The van der Waals surface area contributed by atoms with Crippen LogP contribution in [0, 0.1) is 0 Å². The molecule has 0 bridgehead atoms. The van der Waals surface area contributed by atoms with Crippen LogP contribution in [0.2, 0.25) is 0 Å². The number of imidazole rings is 1. The van der Waals surface area contributed by atoms with E-state index < -0.39 is 0 Å². The lowest BCUT2D eigenvalue weighted by molar-refractivity contribution is 1.20. The summed E-state index contributed by atoms with van der Waals surface area (Å²) in [6.45, 7) is 0. The topological polar surface area (TPSA) is 66.5 Å². The molecule has 0 spiro atoms. The van der Waals surface area contributed by atoms with E-state index >= 15 is 0 Å². The molecule has 3 rings (SSSR count). The number of hydrogen-bond donors (Lipinski definition) is 2. The summed E-state index contributed by atoms with van der Waals surface area (Å²) in [6.07, 6.45) is 3.17. The molecule has 0 aliphatic heterocycles. The number of para-hydroxylation sites is 1. The molecule has 0 unspecified atom stereocenters. The average Bonchev–Trinajstić information content (AvgIpc) is 2.72. The summed E-state index contributed by atoms with van der Waals surface area (Å²) in [5, 5.41) is 3.16. The summed E-state index contributed by atoms with van der Waals surface area (Å²) in [7, 11) is 0. The Morgan fingerprint density at radius 1 is 1.12 bits per heavy atom. The maximum atomic E-state index is 4.32. The number of nitrogens with one attached hydrogen (secondary N) is 2. The maximum Gasteiger partial charge on any atom is 0.206 e. The van der Waals surface area contributed by atoms with Gasteiger partial charge in [-0.05, 0) is 12.1 Å². The van der Waals surface area contributed by atoms with Crippen LogP contribution in [-0.4, -0.2) is 19.9 Å². The molecule has 0 radical (unpaired) electrons. The summed E-state index contributed by atoms with van der Waals surface area (Å²) >= 11 is 0. The van der Waals surface area contributed by atoms with Crippen LogP contribution >= 0.6 is 0 Å². The SMILES string of the molecule is c1ccc(Nc2nc3cncnc3[nH]2)cc1. The Hall–Kier alpha value is -2.43. The fourth-order valence-electron chi connectivity index (χ4n) is 1.48. The average molecular weight is 211 g/mol. The Balaban J connectivity index is 1.95. The molecule has 5 heteroatoms. The molecule has 2 N–H and O–H groups in total. The zero-order valence-electron chi connectivity index (χ0n) is 8.38. The highest BCUT2D eigenvalue weighted by Gasteiger charge is 2.02. The van der Waals surface area contributed by atoms with Crippen LogP contribution in [0.1, 0.15) is 0 Å². The van der Waals surface area contributed by atoms with Crippen molar-refractivity contribution in [3.63, 3.8) is 0 Å². The lowest BCUT2D eigenvalue weighted by atomic mass is 10.3. The number of nitrogens with zero attached hydrogens (tertiary/aromatic N) is 3. The number of H-pyrrole nitrogens is 1. The molecular formula is C11H9N5. The number of anilines is 2. The zero-order chi connectivity index (χ0) is 10.8. The number of hydrogen-bond acceptors (Lipinski definition) is 4. The van der Waals surface area contributed by atoms with Crippen LogP contribution in [-0.2, 0) is 0 Å². The second-order valence-corrected chi connectivity index (χ2v) is 3.33. The lowest BCUT2D eigenvalue weighted by Crippen LogP contribution is -1.91. The van der Waals surface area contributed by atoms with E-state index in [1.165, 1.54) is 6.33 Å². The normalized spacial score (nSPS) is 10.5. The highest BCUT2D eigenvalue weighted by atomic mass is 15.1. The van der Waals surface area contributed by atoms with Crippen molar-refractivity contribution in [3.05, 3.63) is 42.9 Å². The summed E-state index contributed by atoms with van der Waals surface area (Å²) in [4.78, 5) is 15.4. The van der Waals surface area contributed by atoms with E-state index in [4.69, 9.17) is 0 Å². The largest absolute Gasteiger partial charge is 0.326 e. The smallest absolute Gasteiger partial charge is 0.206 e. The van der Waals surface area contributed by atoms with Gasteiger partial charge in [0, 0.05) is 5.69 Å². The third-order valence-corrected chi connectivity index (χ3v) is 2.20. The molecule has 0 aliphatic carbocycles. The van der Waals surface area contributed by atoms with Gasteiger partial charge < -0.3 is 10.3 Å². The molecule has 0 amide bonds. The molecule has 16 heavy (non-hydrogen) atoms. The third kappa shape index (κ3) is 1.58. The minimum atomic E-state index is 0.668. The monoisotopic (exact) mass is 211 g/mol. The molecule has 2 aromatic heterocycles. The first-order valence-corrected chi connectivity index (χ1v) is 4.89. The highest BCUT2D eigenvalue weighted by molar-refractivity contribution is 5.73. The molecule has 1 aromatic carbocycles. The molecule has 0 saturated carbocycles. The predicted molar refractivity (Wildman–Crippen MR) is 61.4 cm³/mol. The number of fused-ring (bicyclic) bond motifs is 1. The first kappa shape index (κ1) is 8.84.